The van der Waals surface area contributed by atoms with E-state index in [9.17, 15) is 4.79 Å². The molecule has 0 aromatic carbocycles. The lowest BCUT2D eigenvalue weighted by molar-refractivity contribution is 0.148. The van der Waals surface area contributed by atoms with E-state index in [0.717, 1.165) is 56.0 Å². The van der Waals surface area contributed by atoms with E-state index < -0.39 is 0 Å². The minimum Gasteiger partial charge on any atom is -0.368 e. The summed E-state index contributed by atoms with van der Waals surface area (Å²) in [5.41, 5.74) is 2.31. The molecule has 7 nitrogen and oxygen atoms in total. The Kier molecular flexibility index (Phi) is 5.24. The van der Waals surface area contributed by atoms with E-state index >= 15 is 0 Å². The third-order valence-electron chi connectivity index (χ3n) is 5.47. The molecule has 26 heavy (non-hydrogen) atoms. The molecular formula is C19H26N6O. The first-order valence-corrected chi connectivity index (χ1v) is 9.63. The third-order valence-corrected chi connectivity index (χ3v) is 5.47. The van der Waals surface area contributed by atoms with Crippen LogP contribution in [0.4, 0.5) is 5.82 Å². The van der Waals surface area contributed by atoms with Crippen molar-refractivity contribution in [1.29, 1.82) is 0 Å². The summed E-state index contributed by atoms with van der Waals surface area (Å²) in [4.78, 5) is 23.0. The van der Waals surface area contributed by atoms with Crippen LogP contribution in [0.25, 0.3) is 0 Å². The number of piperidine rings is 1. The van der Waals surface area contributed by atoms with Crippen LogP contribution >= 0.6 is 0 Å². The molecular weight excluding hydrogens is 328 g/mol. The summed E-state index contributed by atoms with van der Waals surface area (Å²) in [6, 6.07) is 4.14. The minimum atomic E-state index is 0.0401. The standard InChI is InChI=1S/C19H26N6O/c26-19-12-15-4-3-6-17(15)23-25(19)11-10-24-9-2-1-5-16(24)13-21-18-7-8-20-14-22-18/h7-8,12,14,16H,1-6,9-11,13H2,(H,20,21,22). The van der Waals surface area contributed by atoms with Crippen LogP contribution < -0.4 is 10.9 Å². The minimum absolute atomic E-state index is 0.0401. The van der Waals surface area contributed by atoms with Gasteiger partial charge in [-0.15, -0.1) is 0 Å². The molecule has 1 aliphatic heterocycles. The van der Waals surface area contributed by atoms with Gasteiger partial charge in [0.2, 0.25) is 0 Å². The summed E-state index contributed by atoms with van der Waals surface area (Å²) in [7, 11) is 0. The molecule has 2 aliphatic rings. The van der Waals surface area contributed by atoms with Crippen LogP contribution in [0, 0.1) is 0 Å². The van der Waals surface area contributed by atoms with Gasteiger partial charge in [-0.1, -0.05) is 6.42 Å². The van der Waals surface area contributed by atoms with Gasteiger partial charge in [-0.3, -0.25) is 9.69 Å². The topological polar surface area (TPSA) is 75.9 Å². The molecule has 0 saturated carbocycles. The number of nitrogens with zero attached hydrogens (tertiary/aromatic N) is 5. The summed E-state index contributed by atoms with van der Waals surface area (Å²) < 4.78 is 1.66. The van der Waals surface area contributed by atoms with E-state index in [1.165, 1.54) is 19.3 Å². The summed E-state index contributed by atoms with van der Waals surface area (Å²) in [5, 5.41) is 8.01. The maximum absolute atomic E-state index is 12.3. The smallest absolute Gasteiger partial charge is 0.267 e. The molecule has 7 heteroatoms. The number of likely N-dealkylation sites (tertiary alicyclic amines) is 1. The molecule has 0 amide bonds. The monoisotopic (exact) mass is 354 g/mol. The zero-order chi connectivity index (χ0) is 17.8. The molecule has 1 unspecified atom stereocenters. The number of fused-ring (bicyclic) bond motifs is 1. The predicted octanol–water partition coefficient (Wildman–Crippen LogP) is 1.49. The molecule has 1 N–H and O–H groups in total. The van der Waals surface area contributed by atoms with Gasteiger partial charge in [-0.25, -0.2) is 14.6 Å². The van der Waals surface area contributed by atoms with Crippen molar-refractivity contribution in [3.05, 3.63) is 46.3 Å². The normalized spacial score (nSPS) is 20.1. The summed E-state index contributed by atoms with van der Waals surface area (Å²) in [5.74, 6) is 0.863. The molecule has 3 heterocycles. The quantitative estimate of drug-likeness (QED) is 0.847. The predicted molar refractivity (Wildman–Crippen MR) is 100 cm³/mol. The first-order valence-electron chi connectivity index (χ1n) is 9.63. The zero-order valence-electron chi connectivity index (χ0n) is 15.1. The Morgan fingerprint density at radius 1 is 1.19 bits per heavy atom. The van der Waals surface area contributed by atoms with Crippen molar-refractivity contribution >= 4 is 5.82 Å². The molecule has 1 atom stereocenters. The maximum atomic E-state index is 12.3. The van der Waals surface area contributed by atoms with Gasteiger partial charge in [-0.05, 0) is 50.3 Å². The molecule has 2 aromatic rings. The number of aryl methyl sites for hydroxylation is 2. The third kappa shape index (κ3) is 3.93. The summed E-state index contributed by atoms with van der Waals surface area (Å²) >= 11 is 0. The lowest BCUT2D eigenvalue weighted by Crippen LogP contribution is -2.45. The lowest BCUT2D eigenvalue weighted by atomic mass is 10.0. The SMILES string of the molecule is O=c1cc2c(nn1CCN1CCCCC1CNc1ccncn1)CCC2. The number of anilines is 1. The Balaban J connectivity index is 1.37. The Bertz CT molecular complexity index is 790. The summed E-state index contributed by atoms with van der Waals surface area (Å²) in [6.45, 7) is 3.47. The van der Waals surface area contributed by atoms with Crippen LogP contribution in [0.3, 0.4) is 0 Å². The average molecular weight is 354 g/mol. The zero-order valence-corrected chi connectivity index (χ0v) is 15.1. The molecule has 138 valence electrons. The van der Waals surface area contributed by atoms with Crippen LogP contribution in [0.1, 0.15) is 36.9 Å². The van der Waals surface area contributed by atoms with Crippen LogP contribution in [0.5, 0.6) is 0 Å². The second kappa shape index (κ2) is 7.95. The van der Waals surface area contributed by atoms with Crippen LogP contribution in [-0.2, 0) is 19.4 Å². The fourth-order valence-electron chi connectivity index (χ4n) is 4.03. The number of aromatic nitrogens is 4. The van der Waals surface area contributed by atoms with Gasteiger partial charge in [0.1, 0.15) is 12.1 Å². The molecule has 0 bridgehead atoms. The average Bonchev–Trinajstić information content (AvgIpc) is 3.13. The van der Waals surface area contributed by atoms with E-state index in [2.05, 4.69) is 25.3 Å². The van der Waals surface area contributed by atoms with Gasteiger partial charge in [0.05, 0.1) is 12.2 Å². The first kappa shape index (κ1) is 17.1. The highest BCUT2D eigenvalue weighted by Crippen LogP contribution is 2.19. The molecule has 1 aliphatic carbocycles. The van der Waals surface area contributed by atoms with Crippen molar-refractivity contribution in [2.75, 3.05) is 25.0 Å². The van der Waals surface area contributed by atoms with E-state index in [4.69, 9.17) is 0 Å². The number of rotatable bonds is 6. The van der Waals surface area contributed by atoms with Gasteiger partial charge in [0.15, 0.2) is 0 Å². The number of hydrogen-bond donors (Lipinski definition) is 1. The van der Waals surface area contributed by atoms with Crippen LogP contribution in [-0.4, -0.2) is 50.3 Å². The van der Waals surface area contributed by atoms with Gasteiger partial charge in [-0.2, -0.15) is 5.10 Å². The van der Waals surface area contributed by atoms with Crippen molar-refractivity contribution in [3.63, 3.8) is 0 Å². The van der Waals surface area contributed by atoms with Gasteiger partial charge in [0.25, 0.3) is 5.56 Å². The van der Waals surface area contributed by atoms with Crippen molar-refractivity contribution < 1.29 is 0 Å². The largest absolute Gasteiger partial charge is 0.368 e. The first-order chi connectivity index (χ1) is 12.8. The van der Waals surface area contributed by atoms with Crippen LogP contribution in [0.15, 0.2) is 29.5 Å². The second-order valence-corrected chi connectivity index (χ2v) is 7.19. The highest BCUT2D eigenvalue weighted by Gasteiger charge is 2.22. The van der Waals surface area contributed by atoms with Gasteiger partial charge in [0, 0.05) is 31.4 Å². The van der Waals surface area contributed by atoms with Crippen molar-refractivity contribution in [2.45, 2.75) is 51.1 Å². The van der Waals surface area contributed by atoms with Crippen molar-refractivity contribution in [1.82, 2.24) is 24.6 Å². The Hall–Kier alpha value is -2.28. The molecule has 0 radical (unpaired) electrons. The fraction of sp³-hybridized carbons (Fsp3) is 0.579. The Morgan fingerprint density at radius 3 is 3.04 bits per heavy atom. The lowest BCUT2D eigenvalue weighted by Gasteiger charge is -2.35. The highest BCUT2D eigenvalue weighted by molar-refractivity contribution is 5.31. The van der Waals surface area contributed by atoms with Gasteiger partial charge < -0.3 is 5.32 Å². The molecule has 2 aromatic heterocycles. The second-order valence-electron chi connectivity index (χ2n) is 7.19. The van der Waals surface area contributed by atoms with Crippen molar-refractivity contribution in [2.24, 2.45) is 0 Å². The van der Waals surface area contributed by atoms with E-state index in [1.807, 2.05) is 6.07 Å². The fourth-order valence-corrected chi connectivity index (χ4v) is 4.03. The van der Waals surface area contributed by atoms with Crippen molar-refractivity contribution in [3.8, 4) is 0 Å². The molecule has 4 rings (SSSR count). The number of hydrogen-bond acceptors (Lipinski definition) is 6. The highest BCUT2D eigenvalue weighted by atomic mass is 16.1. The maximum Gasteiger partial charge on any atom is 0.267 e. The Labute approximate surface area is 153 Å². The van der Waals surface area contributed by atoms with Crippen LogP contribution in [0.2, 0.25) is 0 Å². The molecule has 0 spiro atoms. The molecule has 1 fully saturated rings. The summed E-state index contributed by atoms with van der Waals surface area (Å²) in [6.07, 6.45) is 10.1. The number of nitrogens with one attached hydrogen (secondary N) is 1. The molecule has 1 saturated heterocycles. The Morgan fingerprint density at radius 2 is 2.15 bits per heavy atom. The van der Waals surface area contributed by atoms with Gasteiger partial charge >= 0.3 is 0 Å². The van der Waals surface area contributed by atoms with E-state index in [-0.39, 0.29) is 5.56 Å². The van der Waals surface area contributed by atoms with E-state index in [0.29, 0.717) is 12.6 Å². The van der Waals surface area contributed by atoms with E-state index in [1.54, 1.807) is 23.3 Å².